The van der Waals surface area contributed by atoms with Crippen LogP contribution in [0.5, 0.6) is 0 Å². The van der Waals surface area contributed by atoms with E-state index in [0.29, 0.717) is 0 Å². The van der Waals surface area contributed by atoms with Crippen LogP contribution in [-0.2, 0) is 4.79 Å². The lowest BCUT2D eigenvalue weighted by molar-refractivity contribution is -0.131. The van der Waals surface area contributed by atoms with Gasteiger partial charge < -0.3 is 5.11 Å². The fourth-order valence-corrected chi connectivity index (χ4v) is 0. The lowest BCUT2D eigenvalue weighted by Gasteiger charge is -1.69. The highest BCUT2D eigenvalue weighted by atomic mass is 35.6. The fraction of sp³-hybridized carbons (Fsp3) is 0.250. The minimum atomic E-state index is -0.981. The van der Waals surface area contributed by atoms with Gasteiger partial charge in [0.1, 0.15) is 0 Å². The first kappa shape index (κ1) is 11.8. The van der Waals surface area contributed by atoms with Gasteiger partial charge in [0.25, 0.3) is 0 Å². The predicted octanol–water partition coefficient (Wildman–Crippen LogP) is 2.24. The molecule has 0 aliphatic carbocycles. The summed E-state index contributed by atoms with van der Waals surface area (Å²) in [5.74, 6) is -0.981. The van der Waals surface area contributed by atoms with E-state index in [2.05, 4.69) is 6.58 Å². The zero-order chi connectivity index (χ0) is 7.86. The quantitative estimate of drug-likeness (QED) is 0.510. The summed E-state index contributed by atoms with van der Waals surface area (Å²) < 4.78 is -0.750. The molecule has 0 aliphatic rings. The number of alkyl halides is 3. The molecule has 0 heterocycles. The molecule has 0 aromatic rings. The highest BCUT2D eigenvalue weighted by Gasteiger charge is 1.78. The summed E-state index contributed by atoms with van der Waals surface area (Å²) in [4.78, 5) is 9.25. The van der Waals surface area contributed by atoms with Gasteiger partial charge in [-0.1, -0.05) is 41.4 Å². The third-order valence-corrected chi connectivity index (χ3v) is 0.175. The molecule has 0 fully saturated rings. The standard InChI is InChI=1S/C3H4O2.CHCl3/c1-2-3(4)5;2-1(3)4/h2H,1H2,(H,4,5);1H. The van der Waals surface area contributed by atoms with Gasteiger partial charge in [0.05, 0.1) is 0 Å². The van der Waals surface area contributed by atoms with Crippen molar-refractivity contribution in [2.45, 2.75) is 4.30 Å². The molecule has 0 aromatic carbocycles. The van der Waals surface area contributed by atoms with Crippen LogP contribution in [0.3, 0.4) is 0 Å². The van der Waals surface area contributed by atoms with E-state index in [-0.39, 0.29) is 0 Å². The molecule has 0 saturated carbocycles. The molecule has 5 heteroatoms. The number of carbonyl (C=O) groups is 1. The smallest absolute Gasteiger partial charge is 0.327 e. The normalized spacial score (nSPS) is 7.56. The second-order valence-electron chi connectivity index (χ2n) is 0.790. The molecular weight excluding hydrogens is 186 g/mol. The van der Waals surface area contributed by atoms with Gasteiger partial charge >= 0.3 is 5.97 Å². The Labute approximate surface area is 68.0 Å². The number of hydrogen-bond acceptors (Lipinski definition) is 1. The van der Waals surface area contributed by atoms with Crippen molar-refractivity contribution in [2.24, 2.45) is 0 Å². The van der Waals surface area contributed by atoms with Gasteiger partial charge in [0.2, 0.25) is 0 Å². The Hall–Kier alpha value is 0.0800. The minimum absolute atomic E-state index is 0.750. The first-order chi connectivity index (χ1) is 4.00. The molecule has 1 N–H and O–H groups in total. The van der Waals surface area contributed by atoms with Crippen molar-refractivity contribution in [1.29, 1.82) is 0 Å². The van der Waals surface area contributed by atoms with Crippen molar-refractivity contribution in [3.63, 3.8) is 0 Å². The Morgan fingerprint density at radius 3 is 1.67 bits per heavy atom. The van der Waals surface area contributed by atoms with Crippen LogP contribution >= 0.6 is 34.8 Å². The minimum Gasteiger partial charge on any atom is -0.478 e. The second kappa shape index (κ2) is 8.08. The molecule has 0 spiro atoms. The molecule has 0 aromatic heterocycles. The van der Waals surface area contributed by atoms with E-state index in [1.54, 1.807) is 0 Å². The maximum Gasteiger partial charge on any atom is 0.327 e. The van der Waals surface area contributed by atoms with Crippen molar-refractivity contribution >= 4 is 40.8 Å². The molecule has 0 bridgehead atoms. The topological polar surface area (TPSA) is 37.3 Å². The van der Waals surface area contributed by atoms with Crippen LogP contribution in [0, 0.1) is 0 Å². The SMILES string of the molecule is C=CC(=O)O.ClC(Cl)Cl. The van der Waals surface area contributed by atoms with E-state index in [4.69, 9.17) is 39.9 Å². The number of carboxylic acid groups (broad SMARTS) is 1. The molecule has 0 atom stereocenters. The molecule has 0 rings (SSSR count). The average Bonchev–Trinajstić information content (AvgIpc) is 1.65. The van der Waals surface area contributed by atoms with Crippen LogP contribution in [-0.4, -0.2) is 15.4 Å². The third kappa shape index (κ3) is 69.0. The van der Waals surface area contributed by atoms with Crippen molar-refractivity contribution in [1.82, 2.24) is 0 Å². The number of hydrogen-bond donors (Lipinski definition) is 1. The van der Waals surface area contributed by atoms with Gasteiger partial charge in [-0.25, -0.2) is 4.79 Å². The number of aliphatic carboxylic acids is 1. The summed E-state index contributed by atoms with van der Waals surface area (Å²) in [6.45, 7) is 2.96. The van der Waals surface area contributed by atoms with Crippen molar-refractivity contribution in [3.8, 4) is 0 Å². The van der Waals surface area contributed by atoms with Crippen molar-refractivity contribution in [2.75, 3.05) is 0 Å². The molecule has 0 radical (unpaired) electrons. The van der Waals surface area contributed by atoms with Crippen LogP contribution in [0.1, 0.15) is 0 Å². The van der Waals surface area contributed by atoms with E-state index < -0.39 is 10.3 Å². The fourth-order valence-electron chi connectivity index (χ4n) is 0. The summed E-state index contributed by atoms with van der Waals surface area (Å²) in [7, 11) is 0. The van der Waals surface area contributed by atoms with Crippen LogP contribution in [0.2, 0.25) is 0 Å². The molecule has 0 amide bonds. The number of carboxylic acids is 1. The highest BCUT2D eigenvalue weighted by Crippen LogP contribution is 2.03. The number of halogens is 3. The molecule has 54 valence electrons. The Morgan fingerprint density at radius 2 is 1.67 bits per heavy atom. The summed E-state index contributed by atoms with van der Waals surface area (Å²) in [5, 5.41) is 7.60. The van der Waals surface area contributed by atoms with Gasteiger partial charge in [0.15, 0.2) is 4.30 Å². The zero-order valence-corrected chi connectivity index (χ0v) is 6.62. The van der Waals surface area contributed by atoms with Gasteiger partial charge in [-0.3, -0.25) is 0 Å². The summed E-state index contributed by atoms with van der Waals surface area (Å²) >= 11 is 14.4. The first-order valence-electron chi connectivity index (χ1n) is 1.78. The lowest BCUT2D eigenvalue weighted by Crippen LogP contribution is -1.82. The molecule has 9 heavy (non-hydrogen) atoms. The van der Waals surface area contributed by atoms with Crippen LogP contribution in [0.4, 0.5) is 0 Å². The molecular formula is C4H5Cl3O2. The molecule has 2 nitrogen and oxygen atoms in total. The van der Waals surface area contributed by atoms with Gasteiger partial charge in [-0.2, -0.15) is 0 Å². The van der Waals surface area contributed by atoms with Crippen molar-refractivity contribution < 1.29 is 9.90 Å². The predicted molar refractivity (Wildman–Crippen MR) is 39.2 cm³/mol. The average molecular weight is 191 g/mol. The lowest BCUT2D eigenvalue weighted by atomic mass is 10.7. The van der Waals surface area contributed by atoms with Gasteiger partial charge in [0, 0.05) is 6.08 Å². The second-order valence-corrected chi connectivity index (χ2v) is 2.77. The van der Waals surface area contributed by atoms with Crippen LogP contribution < -0.4 is 0 Å². The van der Waals surface area contributed by atoms with E-state index in [1.165, 1.54) is 0 Å². The van der Waals surface area contributed by atoms with Crippen molar-refractivity contribution in [3.05, 3.63) is 12.7 Å². The Kier molecular flexibility index (Phi) is 10.6. The largest absolute Gasteiger partial charge is 0.478 e. The monoisotopic (exact) mass is 190 g/mol. The molecule has 0 saturated heterocycles. The van der Waals surface area contributed by atoms with Crippen LogP contribution in [0.25, 0.3) is 0 Å². The Balaban J connectivity index is 0. The van der Waals surface area contributed by atoms with Gasteiger partial charge in [-0.15, -0.1) is 0 Å². The molecule has 0 aliphatic heterocycles. The first-order valence-corrected chi connectivity index (χ1v) is 3.09. The number of rotatable bonds is 1. The maximum absolute atomic E-state index is 9.25. The van der Waals surface area contributed by atoms with E-state index in [9.17, 15) is 4.79 Å². The zero-order valence-electron chi connectivity index (χ0n) is 4.35. The van der Waals surface area contributed by atoms with E-state index >= 15 is 0 Å². The third-order valence-electron chi connectivity index (χ3n) is 0.175. The maximum atomic E-state index is 9.25. The molecule has 0 unspecified atom stereocenters. The summed E-state index contributed by atoms with van der Waals surface area (Å²) in [6.07, 6.45) is 0.833. The Morgan fingerprint density at radius 1 is 1.56 bits per heavy atom. The summed E-state index contributed by atoms with van der Waals surface area (Å²) in [6, 6.07) is 0. The Bertz CT molecular complexity index is 89.1. The summed E-state index contributed by atoms with van der Waals surface area (Å²) in [5.41, 5.74) is 0. The van der Waals surface area contributed by atoms with E-state index in [1.807, 2.05) is 0 Å². The van der Waals surface area contributed by atoms with E-state index in [0.717, 1.165) is 6.08 Å². The van der Waals surface area contributed by atoms with Crippen LogP contribution in [0.15, 0.2) is 12.7 Å². The van der Waals surface area contributed by atoms with Gasteiger partial charge in [-0.05, 0) is 0 Å². The highest BCUT2D eigenvalue weighted by molar-refractivity contribution is 6.63.